The molecule has 2 aromatic heterocycles. The van der Waals surface area contributed by atoms with Crippen LogP contribution in [0.4, 0.5) is 10.8 Å². The average Bonchev–Trinajstić information content (AvgIpc) is 2.73. The fourth-order valence-electron chi connectivity index (χ4n) is 1.65. The fraction of sp³-hybridized carbons (Fsp3) is 0.333. The number of nitrogens with two attached hydrogens (primary N) is 1. The first kappa shape index (κ1) is 12.6. The molecule has 0 bridgehead atoms. The first-order chi connectivity index (χ1) is 8.72. The van der Waals surface area contributed by atoms with Crippen molar-refractivity contribution >= 4 is 22.4 Å². The van der Waals surface area contributed by atoms with Crippen molar-refractivity contribution in [3.63, 3.8) is 0 Å². The quantitative estimate of drug-likeness (QED) is 0.896. The zero-order valence-corrected chi connectivity index (χ0v) is 11.3. The molecule has 5 nitrogen and oxygen atoms in total. The number of pyridine rings is 1. The van der Waals surface area contributed by atoms with Crippen LogP contribution >= 0.6 is 11.5 Å². The number of nitrogens with zero attached hydrogens (tertiary/aromatic N) is 3. The van der Waals surface area contributed by atoms with Gasteiger partial charge in [-0.3, -0.25) is 4.98 Å². The lowest BCUT2D eigenvalue weighted by Crippen LogP contribution is -2.16. The van der Waals surface area contributed by atoms with Gasteiger partial charge >= 0.3 is 0 Å². The molecule has 0 saturated carbocycles. The van der Waals surface area contributed by atoms with Crippen LogP contribution in [0.5, 0.6) is 5.75 Å². The number of anilines is 2. The minimum Gasteiger partial charge on any atom is -0.487 e. The molecule has 6 heteroatoms. The van der Waals surface area contributed by atoms with Crippen molar-refractivity contribution < 1.29 is 4.74 Å². The number of hydrogen-bond acceptors (Lipinski definition) is 6. The van der Waals surface area contributed by atoms with Gasteiger partial charge in [-0.2, -0.15) is 4.37 Å². The van der Waals surface area contributed by atoms with Gasteiger partial charge in [0, 0.05) is 26.0 Å². The molecule has 0 aliphatic carbocycles. The molecule has 0 aliphatic heterocycles. The average molecular weight is 264 g/mol. The van der Waals surface area contributed by atoms with Crippen molar-refractivity contribution in [2.24, 2.45) is 0 Å². The highest BCUT2D eigenvalue weighted by Crippen LogP contribution is 2.38. The van der Waals surface area contributed by atoms with Crippen LogP contribution in [-0.2, 0) is 6.54 Å². The zero-order chi connectivity index (χ0) is 13.0. The van der Waals surface area contributed by atoms with E-state index in [9.17, 15) is 0 Å². The van der Waals surface area contributed by atoms with Crippen molar-refractivity contribution in [2.75, 3.05) is 24.3 Å². The molecular weight excluding hydrogens is 248 g/mol. The topological polar surface area (TPSA) is 64.3 Å². The number of ether oxygens (including phenoxy) is 1. The SMILES string of the molecule is CCOc1c(N)nsc1N(C)Cc1cccnc1. The molecule has 2 aromatic rings. The molecular formula is C12H16N4OS. The van der Waals surface area contributed by atoms with Gasteiger partial charge in [0.1, 0.15) is 0 Å². The molecule has 96 valence electrons. The fourth-order valence-corrected chi connectivity index (χ4v) is 2.36. The van der Waals surface area contributed by atoms with Crippen LogP contribution in [-0.4, -0.2) is 23.0 Å². The lowest BCUT2D eigenvalue weighted by Gasteiger charge is -2.18. The maximum atomic E-state index is 5.79. The minimum absolute atomic E-state index is 0.454. The summed E-state index contributed by atoms with van der Waals surface area (Å²) in [6.07, 6.45) is 3.61. The summed E-state index contributed by atoms with van der Waals surface area (Å²) in [7, 11) is 1.99. The molecule has 0 aromatic carbocycles. The maximum absolute atomic E-state index is 5.79. The molecule has 2 N–H and O–H groups in total. The third kappa shape index (κ3) is 2.70. The molecule has 0 atom stereocenters. The summed E-state index contributed by atoms with van der Waals surface area (Å²) < 4.78 is 9.67. The maximum Gasteiger partial charge on any atom is 0.197 e. The van der Waals surface area contributed by atoms with Crippen molar-refractivity contribution in [3.05, 3.63) is 30.1 Å². The Hall–Kier alpha value is -1.82. The second-order valence-electron chi connectivity index (χ2n) is 3.85. The van der Waals surface area contributed by atoms with E-state index in [1.54, 1.807) is 6.20 Å². The molecule has 0 saturated heterocycles. The van der Waals surface area contributed by atoms with E-state index in [4.69, 9.17) is 10.5 Å². The summed E-state index contributed by atoms with van der Waals surface area (Å²) in [5, 5.41) is 0.943. The van der Waals surface area contributed by atoms with Gasteiger partial charge in [0.05, 0.1) is 6.61 Å². The van der Waals surface area contributed by atoms with Crippen LogP contribution in [0, 0.1) is 0 Å². The lowest BCUT2D eigenvalue weighted by atomic mass is 10.3. The highest BCUT2D eigenvalue weighted by molar-refractivity contribution is 7.11. The van der Waals surface area contributed by atoms with Gasteiger partial charge in [0.15, 0.2) is 16.6 Å². The van der Waals surface area contributed by atoms with Gasteiger partial charge < -0.3 is 15.4 Å². The standard InChI is InChI=1S/C12H16N4OS/c1-3-17-10-11(13)15-18-12(10)16(2)8-9-5-4-6-14-7-9/h4-7H,3,8H2,1-2H3,(H2,13,15). The van der Waals surface area contributed by atoms with Crippen molar-refractivity contribution in [1.29, 1.82) is 0 Å². The molecule has 0 fully saturated rings. The summed E-state index contributed by atoms with van der Waals surface area (Å²) >= 11 is 1.35. The lowest BCUT2D eigenvalue weighted by molar-refractivity contribution is 0.343. The Labute approximate surface area is 110 Å². The predicted molar refractivity (Wildman–Crippen MR) is 74.0 cm³/mol. The van der Waals surface area contributed by atoms with E-state index in [1.807, 2.05) is 32.3 Å². The highest BCUT2D eigenvalue weighted by Gasteiger charge is 2.16. The van der Waals surface area contributed by atoms with Crippen LogP contribution in [0.2, 0.25) is 0 Å². The zero-order valence-electron chi connectivity index (χ0n) is 10.5. The molecule has 0 unspecified atom stereocenters. The molecule has 18 heavy (non-hydrogen) atoms. The van der Waals surface area contributed by atoms with Crippen molar-refractivity contribution in [1.82, 2.24) is 9.36 Å². The minimum atomic E-state index is 0.454. The Kier molecular flexibility index (Phi) is 3.99. The number of nitrogen functional groups attached to an aromatic ring is 1. The van der Waals surface area contributed by atoms with E-state index < -0.39 is 0 Å². The van der Waals surface area contributed by atoms with Crippen molar-refractivity contribution in [3.8, 4) is 5.75 Å². The van der Waals surface area contributed by atoms with E-state index in [1.165, 1.54) is 11.5 Å². The van der Waals surface area contributed by atoms with Crippen molar-refractivity contribution in [2.45, 2.75) is 13.5 Å². The monoisotopic (exact) mass is 264 g/mol. The van der Waals surface area contributed by atoms with E-state index >= 15 is 0 Å². The second kappa shape index (κ2) is 5.68. The van der Waals surface area contributed by atoms with E-state index in [-0.39, 0.29) is 0 Å². The molecule has 0 aliphatic rings. The summed E-state index contributed by atoms with van der Waals surface area (Å²) in [6, 6.07) is 3.96. The Morgan fingerprint density at radius 3 is 3.00 bits per heavy atom. The third-order valence-electron chi connectivity index (χ3n) is 2.44. The molecule has 0 spiro atoms. The molecule has 0 amide bonds. The van der Waals surface area contributed by atoms with Gasteiger partial charge in [0.2, 0.25) is 0 Å². The number of aromatic nitrogens is 2. The van der Waals surface area contributed by atoms with Crippen LogP contribution < -0.4 is 15.4 Å². The predicted octanol–water partition coefficient (Wildman–Crippen LogP) is 2.16. The summed E-state index contributed by atoms with van der Waals surface area (Å²) in [4.78, 5) is 6.17. The normalized spacial score (nSPS) is 10.3. The van der Waals surface area contributed by atoms with Gasteiger partial charge in [-0.15, -0.1) is 0 Å². The number of hydrogen-bond donors (Lipinski definition) is 1. The first-order valence-corrected chi connectivity index (χ1v) is 6.47. The Balaban J connectivity index is 2.16. The summed E-state index contributed by atoms with van der Waals surface area (Å²) in [6.45, 7) is 3.26. The largest absolute Gasteiger partial charge is 0.487 e. The van der Waals surface area contributed by atoms with Gasteiger partial charge in [-0.1, -0.05) is 6.07 Å². The van der Waals surface area contributed by atoms with Crippen LogP contribution in [0.1, 0.15) is 12.5 Å². The molecule has 0 radical (unpaired) electrons. The Morgan fingerprint density at radius 2 is 2.33 bits per heavy atom. The highest BCUT2D eigenvalue weighted by atomic mass is 32.1. The van der Waals surface area contributed by atoms with E-state index in [0.29, 0.717) is 18.2 Å². The Morgan fingerprint density at radius 1 is 1.50 bits per heavy atom. The Bertz CT molecular complexity index is 500. The van der Waals surface area contributed by atoms with Crippen LogP contribution in [0.3, 0.4) is 0 Å². The van der Waals surface area contributed by atoms with Gasteiger partial charge in [-0.05, 0) is 30.1 Å². The smallest absolute Gasteiger partial charge is 0.197 e. The number of rotatable bonds is 5. The molecule has 2 heterocycles. The van der Waals surface area contributed by atoms with Crippen LogP contribution in [0.15, 0.2) is 24.5 Å². The van der Waals surface area contributed by atoms with E-state index in [2.05, 4.69) is 14.3 Å². The second-order valence-corrected chi connectivity index (χ2v) is 4.60. The summed E-state index contributed by atoms with van der Waals surface area (Å²) in [5.41, 5.74) is 6.93. The van der Waals surface area contributed by atoms with Gasteiger partial charge in [0.25, 0.3) is 0 Å². The van der Waals surface area contributed by atoms with E-state index in [0.717, 1.165) is 17.1 Å². The first-order valence-electron chi connectivity index (χ1n) is 5.70. The third-order valence-corrected chi connectivity index (χ3v) is 3.39. The molecule has 2 rings (SSSR count). The van der Waals surface area contributed by atoms with Gasteiger partial charge in [-0.25, -0.2) is 0 Å². The van der Waals surface area contributed by atoms with Crippen LogP contribution in [0.25, 0.3) is 0 Å². The summed E-state index contributed by atoms with van der Waals surface area (Å²) in [5.74, 6) is 1.13.